The number of hydrogen-bond acceptors (Lipinski definition) is 12. The number of methoxy groups -OCH3 is 1. The lowest BCUT2D eigenvalue weighted by Gasteiger charge is -2.47. The van der Waals surface area contributed by atoms with Gasteiger partial charge in [0, 0.05) is 26.1 Å². The Balaban J connectivity index is 2.32. The van der Waals surface area contributed by atoms with E-state index < -0.39 is 73.2 Å². The van der Waals surface area contributed by atoms with Gasteiger partial charge in [0.25, 0.3) is 0 Å². The van der Waals surface area contributed by atoms with E-state index in [-0.39, 0.29) is 13.2 Å². The summed E-state index contributed by atoms with van der Waals surface area (Å²) >= 11 is 0. The second-order valence-corrected chi connectivity index (χ2v) is 9.13. The lowest BCUT2D eigenvalue weighted by atomic mass is 9.91. The molecule has 0 aromatic carbocycles. The zero-order valence-electron chi connectivity index (χ0n) is 21.7. The van der Waals surface area contributed by atoms with Crippen LogP contribution in [0.25, 0.3) is 0 Å². The summed E-state index contributed by atoms with van der Waals surface area (Å²) in [5.74, 6) is -1.95. The largest absolute Gasteiger partial charge is 0.467 e. The van der Waals surface area contributed by atoms with E-state index in [1.54, 1.807) is 6.92 Å². The second kappa shape index (κ2) is 15.1. The molecule has 0 saturated carbocycles. The summed E-state index contributed by atoms with van der Waals surface area (Å²) in [7, 11) is 1.15. The average Bonchev–Trinajstić information content (AvgIpc) is 2.85. The third-order valence-electron chi connectivity index (χ3n) is 6.31. The van der Waals surface area contributed by atoms with Crippen LogP contribution in [0.4, 0.5) is 0 Å². The highest BCUT2D eigenvalue weighted by Crippen LogP contribution is 2.33. The molecule has 12 heteroatoms. The highest BCUT2D eigenvalue weighted by atomic mass is 16.7. The zero-order chi connectivity index (χ0) is 26.8. The van der Waals surface area contributed by atoms with Crippen LogP contribution in [-0.4, -0.2) is 109 Å². The molecule has 36 heavy (non-hydrogen) atoms. The Hall–Kier alpha value is -1.38. The van der Waals surface area contributed by atoms with E-state index in [0.29, 0.717) is 13.0 Å². The Morgan fingerprint density at radius 2 is 1.50 bits per heavy atom. The van der Waals surface area contributed by atoms with Crippen molar-refractivity contribution in [3.05, 3.63) is 0 Å². The summed E-state index contributed by atoms with van der Waals surface area (Å²) in [6, 6.07) is 0. The topological polar surface area (TPSA) is 159 Å². The first kappa shape index (κ1) is 30.8. The SMILES string of the molecule is CCCCOC1[C@@H](O[C@@H]2OC(C(=O)OC)[C@@H](O)C(OCCCC)[C@@H]2O)C(COC(C)=O)O[C@@H](O)[C@H]1C. The summed E-state index contributed by atoms with van der Waals surface area (Å²) in [6.45, 7) is 7.29. The first-order valence-electron chi connectivity index (χ1n) is 12.6. The van der Waals surface area contributed by atoms with Crippen molar-refractivity contribution >= 4 is 11.9 Å². The predicted octanol–water partition coefficient (Wildman–Crippen LogP) is 0.278. The minimum Gasteiger partial charge on any atom is -0.467 e. The number of ether oxygens (including phenoxy) is 7. The van der Waals surface area contributed by atoms with Gasteiger partial charge in [0.2, 0.25) is 0 Å². The molecule has 0 amide bonds. The smallest absolute Gasteiger partial charge is 0.337 e. The van der Waals surface area contributed by atoms with Gasteiger partial charge in [-0.3, -0.25) is 4.79 Å². The lowest BCUT2D eigenvalue weighted by molar-refractivity contribution is -0.351. The van der Waals surface area contributed by atoms with Crippen LogP contribution in [0.5, 0.6) is 0 Å². The Bertz CT molecular complexity index is 675. The minimum atomic E-state index is -1.50. The van der Waals surface area contributed by atoms with Crippen LogP contribution in [0, 0.1) is 5.92 Å². The summed E-state index contributed by atoms with van der Waals surface area (Å²) < 4.78 is 39.1. The summed E-state index contributed by atoms with van der Waals surface area (Å²) in [5, 5.41) is 32.2. The molecular weight excluding hydrogens is 480 g/mol. The lowest BCUT2D eigenvalue weighted by Crippen LogP contribution is -2.64. The standard InChI is InChI=1S/C24H42O12/c1-6-8-10-31-18-13(3)22(28)34-15(12-33-14(4)25)19(18)35-24-17(27)20(32-11-9-7-2)16(26)21(36-24)23(29)30-5/h13,15-22,24,26-28H,6-12H2,1-5H3/t13-,15?,16-,17-,18?,19-,20?,21?,22+,24+/m0/s1. The quantitative estimate of drug-likeness (QED) is 0.224. The number of aliphatic hydroxyl groups excluding tert-OH is 3. The van der Waals surface area contributed by atoms with E-state index in [1.165, 1.54) is 6.92 Å². The van der Waals surface area contributed by atoms with Gasteiger partial charge in [0.05, 0.1) is 13.2 Å². The number of carbonyl (C=O) groups is 2. The molecule has 2 heterocycles. The predicted molar refractivity (Wildman–Crippen MR) is 124 cm³/mol. The maximum absolute atomic E-state index is 12.3. The van der Waals surface area contributed by atoms with Crippen LogP contribution < -0.4 is 0 Å². The molecule has 4 unspecified atom stereocenters. The van der Waals surface area contributed by atoms with E-state index in [4.69, 9.17) is 33.2 Å². The Kier molecular flexibility index (Phi) is 13.0. The molecule has 0 spiro atoms. The van der Waals surface area contributed by atoms with Crippen LogP contribution >= 0.6 is 0 Å². The molecule has 2 rings (SSSR count). The molecule has 3 N–H and O–H groups in total. The maximum atomic E-state index is 12.3. The highest BCUT2D eigenvalue weighted by molar-refractivity contribution is 5.75. The fourth-order valence-corrected chi connectivity index (χ4v) is 4.14. The first-order chi connectivity index (χ1) is 17.2. The van der Waals surface area contributed by atoms with Crippen molar-refractivity contribution in [1.29, 1.82) is 0 Å². The molecule has 2 fully saturated rings. The van der Waals surface area contributed by atoms with Gasteiger partial charge in [-0.25, -0.2) is 4.79 Å². The van der Waals surface area contributed by atoms with Gasteiger partial charge in [0.1, 0.15) is 37.1 Å². The van der Waals surface area contributed by atoms with Gasteiger partial charge < -0.3 is 48.5 Å². The first-order valence-corrected chi connectivity index (χ1v) is 12.6. The minimum absolute atomic E-state index is 0.240. The van der Waals surface area contributed by atoms with Gasteiger partial charge in [-0.05, 0) is 12.8 Å². The van der Waals surface area contributed by atoms with Crippen LogP contribution in [0.2, 0.25) is 0 Å². The van der Waals surface area contributed by atoms with E-state index >= 15 is 0 Å². The highest BCUT2D eigenvalue weighted by Gasteiger charge is 2.53. The van der Waals surface area contributed by atoms with Crippen molar-refractivity contribution in [1.82, 2.24) is 0 Å². The van der Waals surface area contributed by atoms with Gasteiger partial charge in [-0.1, -0.05) is 33.6 Å². The number of aliphatic hydroxyl groups is 3. The Labute approximate surface area is 212 Å². The maximum Gasteiger partial charge on any atom is 0.337 e. The second-order valence-electron chi connectivity index (χ2n) is 9.13. The number of unbranched alkanes of at least 4 members (excludes halogenated alkanes) is 2. The number of carbonyl (C=O) groups excluding carboxylic acids is 2. The number of rotatable bonds is 13. The van der Waals surface area contributed by atoms with Crippen molar-refractivity contribution in [2.24, 2.45) is 5.92 Å². The summed E-state index contributed by atoms with van der Waals surface area (Å²) in [6.07, 6.45) is -7.84. The fraction of sp³-hybridized carbons (Fsp3) is 0.917. The zero-order valence-corrected chi connectivity index (χ0v) is 21.7. The summed E-state index contributed by atoms with van der Waals surface area (Å²) in [5.41, 5.74) is 0. The number of hydrogen-bond donors (Lipinski definition) is 3. The van der Waals surface area contributed by atoms with Gasteiger partial charge >= 0.3 is 11.9 Å². The van der Waals surface area contributed by atoms with E-state index in [0.717, 1.165) is 26.4 Å². The Morgan fingerprint density at radius 3 is 2.06 bits per heavy atom. The molecule has 210 valence electrons. The van der Waals surface area contributed by atoms with E-state index in [1.807, 2.05) is 13.8 Å². The molecule has 10 atom stereocenters. The third kappa shape index (κ3) is 8.06. The van der Waals surface area contributed by atoms with Crippen molar-refractivity contribution in [3.63, 3.8) is 0 Å². The molecule has 2 aliphatic heterocycles. The third-order valence-corrected chi connectivity index (χ3v) is 6.31. The average molecular weight is 523 g/mol. The van der Waals surface area contributed by atoms with E-state index in [9.17, 15) is 24.9 Å². The molecule has 2 saturated heterocycles. The molecule has 2 aliphatic rings. The van der Waals surface area contributed by atoms with Gasteiger partial charge in [-0.15, -0.1) is 0 Å². The fourth-order valence-electron chi connectivity index (χ4n) is 4.14. The summed E-state index contributed by atoms with van der Waals surface area (Å²) in [4.78, 5) is 23.8. The Morgan fingerprint density at radius 1 is 0.889 bits per heavy atom. The molecule has 0 aromatic rings. The monoisotopic (exact) mass is 522 g/mol. The van der Waals surface area contributed by atoms with Crippen molar-refractivity contribution in [2.75, 3.05) is 26.9 Å². The molecule has 0 bridgehead atoms. The van der Waals surface area contributed by atoms with Crippen molar-refractivity contribution in [3.8, 4) is 0 Å². The molecular formula is C24H42O12. The van der Waals surface area contributed by atoms with Gasteiger partial charge in [0.15, 0.2) is 18.7 Å². The van der Waals surface area contributed by atoms with Gasteiger partial charge in [-0.2, -0.15) is 0 Å². The normalized spacial score (nSPS) is 36.9. The molecule has 12 nitrogen and oxygen atoms in total. The van der Waals surface area contributed by atoms with Crippen molar-refractivity contribution in [2.45, 2.75) is 109 Å². The number of esters is 2. The van der Waals surface area contributed by atoms with E-state index in [2.05, 4.69) is 0 Å². The molecule has 0 radical (unpaired) electrons. The van der Waals surface area contributed by atoms with Crippen LogP contribution in [0.3, 0.4) is 0 Å². The molecule has 0 aromatic heterocycles. The van der Waals surface area contributed by atoms with Crippen LogP contribution in [0.1, 0.15) is 53.4 Å². The van der Waals surface area contributed by atoms with Crippen molar-refractivity contribution < 1.29 is 58.1 Å². The van der Waals surface area contributed by atoms with Crippen LogP contribution in [0.15, 0.2) is 0 Å². The van der Waals surface area contributed by atoms with Crippen LogP contribution in [-0.2, 0) is 42.7 Å². The molecule has 0 aliphatic carbocycles.